The molecular weight excluding hydrogens is 356 g/mol. The highest BCUT2D eigenvalue weighted by Crippen LogP contribution is 2.22. The second-order valence-electron chi connectivity index (χ2n) is 6.33. The lowest BCUT2D eigenvalue weighted by Gasteiger charge is -2.03. The zero-order chi connectivity index (χ0) is 19.4. The molecule has 4 aromatic carbocycles. The highest BCUT2D eigenvalue weighted by Gasteiger charge is 2.10. The molecule has 0 aliphatic rings. The van der Waals surface area contributed by atoms with Crippen molar-refractivity contribution in [1.29, 1.82) is 0 Å². The molecule has 4 aromatic rings. The van der Waals surface area contributed by atoms with Crippen LogP contribution in [0.4, 0.5) is 0 Å². The molecule has 0 unspecified atom stereocenters. The second-order valence-corrected chi connectivity index (χ2v) is 8.32. The Morgan fingerprint density at radius 1 is 0.667 bits per heavy atom. The molecule has 0 heterocycles. The van der Waals surface area contributed by atoms with Gasteiger partial charge in [0, 0.05) is 17.2 Å². The lowest BCUT2D eigenvalue weighted by Crippen LogP contribution is -1.97. The van der Waals surface area contributed by atoms with Crippen molar-refractivity contribution in [3.05, 3.63) is 90.5 Å². The van der Waals surface area contributed by atoms with Crippen LogP contribution in [-0.2, 0) is 9.84 Å². The van der Waals surface area contributed by atoms with Gasteiger partial charge in [-0.3, -0.25) is 4.79 Å². The standard InChI is InChI=1S/C12H10O.C11H10O2S/c1-9(13)11-8-4-6-10-5-2-3-7-12(10)11;1-14(12,13)11-8-4-6-9-5-2-3-7-10(9)11/h2-8H,1H3;2-8H,1H3. The summed E-state index contributed by atoms with van der Waals surface area (Å²) >= 11 is 0. The van der Waals surface area contributed by atoms with E-state index in [0.29, 0.717) is 4.90 Å². The predicted octanol–water partition coefficient (Wildman–Crippen LogP) is 5.29. The van der Waals surface area contributed by atoms with Crippen molar-refractivity contribution in [3.63, 3.8) is 0 Å². The Hall–Kier alpha value is -2.98. The fraction of sp³-hybridized carbons (Fsp3) is 0.0870. The molecule has 0 N–H and O–H groups in total. The van der Waals surface area contributed by atoms with Gasteiger partial charge in [0.2, 0.25) is 0 Å². The summed E-state index contributed by atoms with van der Waals surface area (Å²) in [5, 5.41) is 3.90. The van der Waals surface area contributed by atoms with Gasteiger partial charge in [0.05, 0.1) is 4.90 Å². The summed E-state index contributed by atoms with van der Waals surface area (Å²) in [7, 11) is -3.13. The van der Waals surface area contributed by atoms with E-state index in [1.54, 1.807) is 19.1 Å². The van der Waals surface area contributed by atoms with Crippen molar-refractivity contribution < 1.29 is 13.2 Å². The smallest absolute Gasteiger partial charge is 0.176 e. The summed E-state index contributed by atoms with van der Waals surface area (Å²) < 4.78 is 22.9. The van der Waals surface area contributed by atoms with Crippen LogP contribution in [0.25, 0.3) is 21.5 Å². The molecule has 0 radical (unpaired) electrons. The third kappa shape index (κ3) is 4.23. The molecule has 0 spiro atoms. The summed E-state index contributed by atoms with van der Waals surface area (Å²) in [5.74, 6) is 0.122. The van der Waals surface area contributed by atoms with Crippen molar-refractivity contribution in [2.75, 3.05) is 6.26 Å². The fourth-order valence-corrected chi connectivity index (χ4v) is 3.96. The Kier molecular flexibility index (Phi) is 5.38. The molecule has 0 saturated heterocycles. The minimum Gasteiger partial charge on any atom is -0.294 e. The Labute approximate surface area is 159 Å². The van der Waals surface area contributed by atoms with Crippen LogP contribution in [0.5, 0.6) is 0 Å². The van der Waals surface area contributed by atoms with Crippen molar-refractivity contribution in [2.45, 2.75) is 11.8 Å². The maximum absolute atomic E-state index is 11.4. The number of hydrogen-bond donors (Lipinski definition) is 0. The van der Waals surface area contributed by atoms with Crippen molar-refractivity contribution in [2.24, 2.45) is 0 Å². The molecule has 0 saturated carbocycles. The molecule has 0 bridgehead atoms. The van der Waals surface area contributed by atoms with Crippen LogP contribution in [0, 0.1) is 0 Å². The van der Waals surface area contributed by atoms with Crippen LogP contribution in [-0.4, -0.2) is 20.5 Å². The van der Waals surface area contributed by atoms with Gasteiger partial charge < -0.3 is 0 Å². The van der Waals surface area contributed by atoms with Gasteiger partial charge in [-0.25, -0.2) is 8.42 Å². The summed E-state index contributed by atoms with van der Waals surface area (Å²) in [6.07, 6.45) is 1.23. The first-order valence-electron chi connectivity index (χ1n) is 8.54. The topological polar surface area (TPSA) is 51.2 Å². The average Bonchev–Trinajstić information content (AvgIpc) is 2.67. The van der Waals surface area contributed by atoms with Crippen molar-refractivity contribution in [3.8, 4) is 0 Å². The van der Waals surface area contributed by atoms with Crippen LogP contribution in [0.3, 0.4) is 0 Å². The van der Waals surface area contributed by atoms with E-state index in [-0.39, 0.29) is 5.78 Å². The third-order valence-electron chi connectivity index (χ3n) is 4.32. The van der Waals surface area contributed by atoms with Crippen LogP contribution in [0.1, 0.15) is 17.3 Å². The number of rotatable bonds is 2. The molecule has 3 nitrogen and oxygen atoms in total. The van der Waals surface area contributed by atoms with E-state index in [1.165, 1.54) is 6.26 Å². The fourth-order valence-electron chi connectivity index (χ4n) is 3.05. The largest absolute Gasteiger partial charge is 0.294 e. The second kappa shape index (κ2) is 7.72. The van der Waals surface area contributed by atoms with Crippen molar-refractivity contribution in [1.82, 2.24) is 0 Å². The number of ketones is 1. The van der Waals surface area contributed by atoms with Crippen LogP contribution in [0.2, 0.25) is 0 Å². The predicted molar refractivity (Wildman–Crippen MR) is 111 cm³/mol. The normalized spacial score (nSPS) is 11.0. The Morgan fingerprint density at radius 3 is 1.74 bits per heavy atom. The van der Waals surface area contributed by atoms with Gasteiger partial charge in [-0.1, -0.05) is 78.9 Å². The van der Waals surface area contributed by atoms with Gasteiger partial charge in [-0.2, -0.15) is 0 Å². The van der Waals surface area contributed by atoms with Gasteiger partial charge in [0.1, 0.15) is 0 Å². The molecule has 0 fully saturated rings. The van der Waals surface area contributed by atoms with Crippen LogP contribution >= 0.6 is 0 Å². The van der Waals surface area contributed by atoms with E-state index >= 15 is 0 Å². The van der Waals surface area contributed by atoms with E-state index in [2.05, 4.69) is 0 Å². The first-order valence-corrected chi connectivity index (χ1v) is 10.4. The molecule has 4 heteroatoms. The van der Waals surface area contributed by atoms with Gasteiger partial charge in [0.15, 0.2) is 15.6 Å². The number of carbonyl (C=O) groups is 1. The highest BCUT2D eigenvalue weighted by molar-refractivity contribution is 7.91. The van der Waals surface area contributed by atoms with Gasteiger partial charge in [-0.05, 0) is 29.1 Å². The zero-order valence-electron chi connectivity index (χ0n) is 15.2. The lowest BCUT2D eigenvalue weighted by molar-refractivity contribution is 0.101. The third-order valence-corrected chi connectivity index (χ3v) is 5.47. The molecule has 0 amide bonds. The number of Topliss-reactive ketones (excluding diaryl/α,β-unsaturated/α-hetero) is 1. The molecule has 27 heavy (non-hydrogen) atoms. The first-order chi connectivity index (χ1) is 12.9. The molecular formula is C23H20O3S. The Morgan fingerprint density at radius 2 is 1.15 bits per heavy atom. The van der Waals surface area contributed by atoms with E-state index in [0.717, 1.165) is 27.1 Å². The maximum Gasteiger partial charge on any atom is 0.176 e. The van der Waals surface area contributed by atoms with E-state index in [4.69, 9.17) is 0 Å². The van der Waals surface area contributed by atoms with Crippen LogP contribution in [0.15, 0.2) is 89.8 Å². The van der Waals surface area contributed by atoms with E-state index < -0.39 is 9.84 Å². The zero-order valence-corrected chi connectivity index (χ0v) is 16.0. The summed E-state index contributed by atoms with van der Waals surface area (Å²) in [4.78, 5) is 11.7. The minimum absolute atomic E-state index is 0.122. The van der Waals surface area contributed by atoms with Crippen molar-refractivity contribution >= 4 is 37.2 Å². The number of sulfone groups is 1. The summed E-state index contributed by atoms with van der Waals surface area (Å²) in [6, 6.07) is 26.5. The first kappa shape index (κ1) is 18.8. The van der Waals surface area contributed by atoms with Gasteiger partial charge >= 0.3 is 0 Å². The monoisotopic (exact) mass is 376 g/mol. The van der Waals surface area contributed by atoms with Crippen LogP contribution < -0.4 is 0 Å². The average molecular weight is 376 g/mol. The molecule has 0 aliphatic heterocycles. The van der Waals surface area contributed by atoms with Gasteiger partial charge in [0.25, 0.3) is 0 Å². The Bertz CT molecular complexity index is 1210. The highest BCUT2D eigenvalue weighted by atomic mass is 32.2. The molecule has 0 atom stereocenters. The molecule has 0 aromatic heterocycles. The lowest BCUT2D eigenvalue weighted by atomic mass is 10.0. The SMILES string of the molecule is CC(=O)c1cccc2ccccc12.CS(=O)(=O)c1cccc2ccccc12. The molecule has 4 rings (SSSR count). The molecule has 0 aliphatic carbocycles. The van der Waals surface area contributed by atoms with Gasteiger partial charge in [-0.15, -0.1) is 0 Å². The molecule has 136 valence electrons. The number of benzene rings is 4. The van der Waals surface area contributed by atoms with E-state index in [1.807, 2.05) is 72.8 Å². The van der Waals surface area contributed by atoms with E-state index in [9.17, 15) is 13.2 Å². The minimum atomic E-state index is -3.13. The number of fused-ring (bicyclic) bond motifs is 2. The quantitative estimate of drug-likeness (QED) is 0.447. The number of hydrogen-bond acceptors (Lipinski definition) is 3. The Balaban J connectivity index is 0.000000156. The number of carbonyl (C=O) groups excluding carboxylic acids is 1. The summed E-state index contributed by atoms with van der Waals surface area (Å²) in [5.41, 5.74) is 0.804. The summed E-state index contributed by atoms with van der Waals surface area (Å²) in [6.45, 7) is 1.60. The maximum atomic E-state index is 11.4.